The molecule has 0 radical (unpaired) electrons. The maximum absolute atomic E-state index is 12.7. The number of halogens is 5. The normalized spacial score (nSPS) is 12.6. The van der Waals surface area contributed by atoms with Gasteiger partial charge in [0, 0.05) is 15.9 Å². The number of benzene rings is 1. The number of phenolic OH excluding ortho intramolecular Hbond substituents is 1. The molecule has 84 valence electrons. The first-order valence-electron chi connectivity index (χ1n) is 3.65. The van der Waals surface area contributed by atoms with Crippen molar-refractivity contribution in [3.63, 3.8) is 0 Å². The largest absolute Gasteiger partial charge is 0.504 e. The third-order valence-electron chi connectivity index (χ3n) is 1.43. The van der Waals surface area contributed by atoms with Crippen LogP contribution in [0.2, 0.25) is 0 Å². The molecule has 1 N–H and O–H groups in total. The molecular weight excluding hydrogens is 284 g/mol. The Hall–Kier alpha value is -0.980. The number of hydrogen-bond acceptors (Lipinski definition) is 2. The molecule has 0 fully saturated rings. The van der Waals surface area contributed by atoms with E-state index in [-0.39, 0.29) is 0 Å². The van der Waals surface area contributed by atoms with Crippen LogP contribution in [0.4, 0.5) is 17.6 Å². The second kappa shape index (κ2) is 3.88. The molecule has 1 rings (SSSR count). The summed E-state index contributed by atoms with van der Waals surface area (Å²) in [6.45, 7) is 0. The van der Waals surface area contributed by atoms with Gasteiger partial charge < -0.3 is 9.84 Å². The van der Waals surface area contributed by atoms with Crippen molar-refractivity contribution in [3.05, 3.63) is 24.3 Å². The Kier molecular flexibility index (Phi) is 3.13. The highest BCUT2D eigenvalue weighted by molar-refractivity contribution is 9.10. The van der Waals surface area contributed by atoms with E-state index in [0.29, 0.717) is 0 Å². The predicted octanol–water partition coefficient (Wildman–Crippen LogP) is 3.35. The number of rotatable bonds is 3. The fourth-order valence-electron chi connectivity index (χ4n) is 0.739. The number of phenols is 1. The molecule has 0 aliphatic rings. The lowest BCUT2D eigenvalue weighted by Gasteiger charge is -2.22. The van der Waals surface area contributed by atoms with E-state index in [4.69, 9.17) is 5.11 Å². The van der Waals surface area contributed by atoms with Crippen molar-refractivity contribution in [1.82, 2.24) is 0 Å². The molecule has 7 heteroatoms. The molecule has 1 aromatic carbocycles. The molecule has 0 unspecified atom stereocenters. The minimum Gasteiger partial charge on any atom is -0.504 e. The van der Waals surface area contributed by atoms with Gasteiger partial charge in [-0.1, -0.05) is 12.1 Å². The van der Waals surface area contributed by atoms with Gasteiger partial charge in [-0.3, -0.25) is 0 Å². The predicted molar refractivity (Wildman–Crippen MR) is 47.6 cm³/mol. The highest BCUT2D eigenvalue weighted by Crippen LogP contribution is 2.42. The van der Waals surface area contributed by atoms with Gasteiger partial charge in [0.25, 0.3) is 0 Å². The topological polar surface area (TPSA) is 29.5 Å². The van der Waals surface area contributed by atoms with Crippen LogP contribution in [0, 0.1) is 0 Å². The fourth-order valence-corrected chi connectivity index (χ4v) is 0.820. The average molecular weight is 289 g/mol. The van der Waals surface area contributed by atoms with E-state index in [9.17, 15) is 17.6 Å². The Morgan fingerprint density at radius 2 is 1.67 bits per heavy atom. The summed E-state index contributed by atoms with van der Waals surface area (Å²) in [7, 11) is 0. The van der Waals surface area contributed by atoms with Gasteiger partial charge in [0.1, 0.15) is 0 Å². The van der Waals surface area contributed by atoms with Crippen LogP contribution < -0.4 is 4.74 Å². The van der Waals surface area contributed by atoms with Crippen LogP contribution >= 0.6 is 15.9 Å². The van der Waals surface area contributed by atoms with Gasteiger partial charge >= 0.3 is 10.9 Å². The smallest absolute Gasteiger partial charge is 0.475 e. The van der Waals surface area contributed by atoms with E-state index in [2.05, 4.69) is 4.74 Å². The van der Waals surface area contributed by atoms with Crippen molar-refractivity contribution >= 4 is 15.9 Å². The summed E-state index contributed by atoms with van der Waals surface area (Å²) in [5.74, 6) is -1.37. The van der Waals surface area contributed by atoms with E-state index in [0.717, 1.165) is 12.1 Å². The molecule has 2 nitrogen and oxygen atoms in total. The van der Waals surface area contributed by atoms with Crippen molar-refractivity contribution in [1.29, 1.82) is 0 Å². The lowest BCUT2D eigenvalue weighted by molar-refractivity contribution is -0.266. The van der Waals surface area contributed by atoms with Gasteiger partial charge in [-0.15, -0.1) is 0 Å². The van der Waals surface area contributed by atoms with E-state index in [1.54, 1.807) is 0 Å². The molecule has 0 aliphatic heterocycles. The molecule has 15 heavy (non-hydrogen) atoms. The van der Waals surface area contributed by atoms with Gasteiger partial charge in [0.2, 0.25) is 0 Å². The van der Waals surface area contributed by atoms with Crippen LogP contribution in [0.5, 0.6) is 11.5 Å². The summed E-state index contributed by atoms with van der Waals surface area (Å²) in [6, 6.07) is 4.59. The summed E-state index contributed by atoms with van der Waals surface area (Å²) in [6.07, 6.45) is -4.74. The van der Waals surface area contributed by atoms with E-state index in [1.807, 2.05) is 0 Å². The molecule has 0 atom stereocenters. The lowest BCUT2D eigenvalue weighted by Crippen LogP contribution is -2.40. The average Bonchev–Trinajstić information content (AvgIpc) is 2.06. The highest BCUT2D eigenvalue weighted by atomic mass is 79.9. The molecule has 0 aromatic heterocycles. The zero-order valence-electron chi connectivity index (χ0n) is 7.05. The maximum atomic E-state index is 12.7. The fraction of sp³-hybridized carbons (Fsp3) is 0.250. The molecule has 0 saturated carbocycles. The van der Waals surface area contributed by atoms with E-state index >= 15 is 0 Å². The van der Waals surface area contributed by atoms with Gasteiger partial charge in [-0.25, -0.2) is 0 Å². The summed E-state index contributed by atoms with van der Waals surface area (Å²) < 4.78 is 53.6. The highest BCUT2D eigenvalue weighted by Gasteiger charge is 2.58. The van der Waals surface area contributed by atoms with Crippen molar-refractivity contribution in [2.45, 2.75) is 10.9 Å². The Labute approximate surface area is 90.6 Å². The minimum absolute atomic E-state index is 0.645. The van der Waals surface area contributed by atoms with Gasteiger partial charge in [-0.05, 0) is 12.1 Å². The van der Waals surface area contributed by atoms with Crippen molar-refractivity contribution in [3.8, 4) is 11.5 Å². The second-order valence-electron chi connectivity index (χ2n) is 2.58. The number of aromatic hydroxyl groups is 1. The lowest BCUT2D eigenvalue weighted by atomic mass is 10.3. The molecule has 0 spiro atoms. The third kappa shape index (κ3) is 2.74. The Balaban J connectivity index is 2.92. The minimum atomic E-state index is -4.74. The van der Waals surface area contributed by atoms with Crippen LogP contribution in [-0.4, -0.2) is 16.0 Å². The zero-order chi connectivity index (χ0) is 11.7. The first-order chi connectivity index (χ1) is 6.74. The van der Waals surface area contributed by atoms with Crippen LogP contribution in [0.3, 0.4) is 0 Å². The van der Waals surface area contributed by atoms with Crippen molar-refractivity contribution in [2.24, 2.45) is 0 Å². The first kappa shape index (κ1) is 12.1. The molecule has 0 aliphatic carbocycles. The van der Waals surface area contributed by atoms with Crippen molar-refractivity contribution in [2.75, 3.05) is 0 Å². The molecule has 0 amide bonds. The zero-order valence-corrected chi connectivity index (χ0v) is 8.64. The van der Waals surface area contributed by atoms with Crippen molar-refractivity contribution < 1.29 is 27.4 Å². The number of hydrogen-bond donors (Lipinski definition) is 1. The standard InChI is InChI=1S/C8H5BrF4O2/c9-7(10,11)8(12,13)15-6-4-2-1-3-5(6)14/h1-4,14H. The van der Waals surface area contributed by atoms with Crippen LogP contribution in [0.15, 0.2) is 24.3 Å². The molecule has 0 heterocycles. The first-order valence-corrected chi connectivity index (χ1v) is 4.45. The SMILES string of the molecule is Oc1ccccc1OC(F)(F)C(F)(F)Br. The van der Waals surface area contributed by atoms with Gasteiger partial charge in [0.05, 0.1) is 0 Å². The number of ether oxygens (including phenoxy) is 1. The monoisotopic (exact) mass is 288 g/mol. The summed E-state index contributed by atoms with van der Waals surface area (Å²) in [5, 5.41) is 9.02. The Morgan fingerprint density at radius 3 is 2.13 bits per heavy atom. The third-order valence-corrected chi connectivity index (χ3v) is 1.90. The molecular formula is C8H5BrF4O2. The van der Waals surface area contributed by atoms with E-state index in [1.165, 1.54) is 28.1 Å². The Morgan fingerprint density at radius 1 is 1.13 bits per heavy atom. The molecule has 0 bridgehead atoms. The van der Waals surface area contributed by atoms with Gasteiger partial charge in [0.15, 0.2) is 11.5 Å². The maximum Gasteiger partial charge on any atom is 0.475 e. The van der Waals surface area contributed by atoms with E-state index < -0.39 is 22.4 Å². The summed E-state index contributed by atoms with van der Waals surface area (Å²) >= 11 is 1.49. The Bertz CT molecular complexity index is 351. The van der Waals surface area contributed by atoms with Crippen LogP contribution in [-0.2, 0) is 0 Å². The number of alkyl halides is 5. The van der Waals surface area contributed by atoms with Crippen LogP contribution in [0.25, 0.3) is 0 Å². The second-order valence-corrected chi connectivity index (χ2v) is 3.58. The molecule has 1 aromatic rings. The van der Waals surface area contributed by atoms with Crippen LogP contribution in [0.1, 0.15) is 0 Å². The summed E-state index contributed by atoms with van der Waals surface area (Å²) in [5.41, 5.74) is 0. The summed E-state index contributed by atoms with van der Waals surface area (Å²) in [4.78, 5) is -4.51. The van der Waals surface area contributed by atoms with Gasteiger partial charge in [-0.2, -0.15) is 17.6 Å². The number of para-hydroxylation sites is 2. The molecule has 0 saturated heterocycles. The quantitative estimate of drug-likeness (QED) is 0.683.